The maximum Gasteiger partial charge on any atom is 0.328 e. The third kappa shape index (κ3) is 5.27. The first-order chi connectivity index (χ1) is 13.3. The number of benzene rings is 1. The summed E-state index contributed by atoms with van der Waals surface area (Å²) in [4.78, 5) is 28.9. The number of aliphatic carboxylic acids is 2. The van der Waals surface area contributed by atoms with E-state index in [1.165, 1.54) is 0 Å². The predicted molar refractivity (Wildman–Crippen MR) is 102 cm³/mol. The number of nitrogens with zero attached hydrogens (tertiary/aromatic N) is 4. The van der Waals surface area contributed by atoms with Gasteiger partial charge < -0.3 is 24.8 Å². The third-order valence-corrected chi connectivity index (χ3v) is 3.52. The summed E-state index contributed by atoms with van der Waals surface area (Å²) in [5, 5.41) is 23.3. The molecule has 0 aliphatic carbocycles. The summed E-state index contributed by atoms with van der Waals surface area (Å²) >= 11 is 0. The van der Waals surface area contributed by atoms with Crippen LogP contribution in [0.15, 0.2) is 42.7 Å². The van der Waals surface area contributed by atoms with Crippen molar-refractivity contribution in [2.45, 2.75) is 0 Å². The fourth-order valence-electron chi connectivity index (χ4n) is 2.20. The Morgan fingerprint density at radius 1 is 1.11 bits per heavy atom. The Balaban J connectivity index is 0.000000300. The minimum absolute atomic E-state index is 0.558. The molecule has 0 spiro atoms. The molecule has 0 fully saturated rings. The number of hydrogen-bond donors (Lipinski definition) is 3. The molecule has 2 aromatic heterocycles. The number of carboxylic acids is 2. The Kier molecular flexibility index (Phi) is 6.63. The lowest BCUT2D eigenvalue weighted by atomic mass is 10.1. The average molecular weight is 385 g/mol. The molecular weight excluding hydrogens is 366 g/mol. The van der Waals surface area contributed by atoms with E-state index in [9.17, 15) is 9.59 Å². The zero-order valence-corrected chi connectivity index (χ0v) is 15.4. The number of nitrogens with one attached hydrogen (secondary N) is 1. The molecule has 0 aliphatic rings. The number of imidazole rings is 1. The Bertz CT molecular complexity index is 964. The standard InChI is InChI=1S/C14H15N5O.C4H4O4/c1-19(2)9-4-5-10(13(6-9)20-3)14-17-11-7-15-16-8-12(11)18-14;5-3(6)1-2-4(7)8/h4-8H,1-3H3,(H,17,18);1-2H,(H,5,6)(H,7,8). The molecule has 3 rings (SSSR count). The van der Waals surface area contributed by atoms with E-state index in [0.717, 1.165) is 33.9 Å². The van der Waals surface area contributed by atoms with Gasteiger partial charge in [0, 0.05) is 38.0 Å². The number of aromatic amines is 1. The maximum absolute atomic E-state index is 9.55. The van der Waals surface area contributed by atoms with Crippen LogP contribution in [0.1, 0.15) is 0 Å². The molecule has 0 bridgehead atoms. The zero-order chi connectivity index (χ0) is 20.7. The molecule has 2 heterocycles. The second kappa shape index (κ2) is 9.12. The Labute approximate surface area is 160 Å². The smallest absolute Gasteiger partial charge is 0.328 e. The summed E-state index contributed by atoms with van der Waals surface area (Å²) < 4.78 is 5.47. The predicted octanol–water partition coefficient (Wildman–Crippen LogP) is 1.81. The molecule has 0 radical (unpaired) electrons. The van der Waals surface area contributed by atoms with E-state index >= 15 is 0 Å². The van der Waals surface area contributed by atoms with Crippen LogP contribution in [0.3, 0.4) is 0 Å². The molecule has 0 amide bonds. The van der Waals surface area contributed by atoms with Crippen LogP contribution in [0.5, 0.6) is 5.75 Å². The summed E-state index contributed by atoms with van der Waals surface area (Å²) in [5.41, 5.74) is 3.63. The molecule has 0 aliphatic heterocycles. The highest BCUT2D eigenvalue weighted by Crippen LogP contribution is 2.32. The number of fused-ring (bicyclic) bond motifs is 1. The van der Waals surface area contributed by atoms with Crippen LogP contribution in [0, 0.1) is 0 Å². The van der Waals surface area contributed by atoms with E-state index in [-0.39, 0.29) is 0 Å². The van der Waals surface area contributed by atoms with Crippen molar-refractivity contribution in [1.82, 2.24) is 20.2 Å². The van der Waals surface area contributed by atoms with Crippen molar-refractivity contribution < 1.29 is 24.5 Å². The van der Waals surface area contributed by atoms with Gasteiger partial charge in [0.25, 0.3) is 0 Å². The summed E-state index contributed by atoms with van der Waals surface area (Å²) in [7, 11) is 5.64. The fourth-order valence-corrected chi connectivity index (χ4v) is 2.20. The summed E-state index contributed by atoms with van der Waals surface area (Å²) in [5.74, 6) is -0.993. The highest BCUT2D eigenvalue weighted by atomic mass is 16.5. The summed E-state index contributed by atoms with van der Waals surface area (Å²) in [6.07, 6.45) is 4.41. The molecule has 3 N–H and O–H groups in total. The van der Waals surface area contributed by atoms with Gasteiger partial charge >= 0.3 is 11.9 Å². The van der Waals surface area contributed by atoms with E-state index in [4.69, 9.17) is 14.9 Å². The fraction of sp³-hybridized carbons (Fsp3) is 0.167. The second-order valence-electron chi connectivity index (χ2n) is 5.66. The van der Waals surface area contributed by atoms with Gasteiger partial charge in [-0.1, -0.05) is 0 Å². The van der Waals surface area contributed by atoms with Gasteiger partial charge in [0.15, 0.2) is 0 Å². The first-order valence-corrected chi connectivity index (χ1v) is 7.98. The number of methoxy groups -OCH3 is 1. The minimum atomic E-state index is -1.26. The topological polar surface area (TPSA) is 142 Å². The van der Waals surface area contributed by atoms with E-state index in [1.807, 2.05) is 37.2 Å². The molecule has 10 nitrogen and oxygen atoms in total. The van der Waals surface area contributed by atoms with E-state index in [2.05, 4.69) is 20.2 Å². The first kappa shape index (κ1) is 20.4. The summed E-state index contributed by atoms with van der Waals surface area (Å²) in [6, 6.07) is 6.01. The van der Waals surface area contributed by atoms with E-state index < -0.39 is 11.9 Å². The van der Waals surface area contributed by atoms with Crippen molar-refractivity contribution in [2.75, 3.05) is 26.1 Å². The highest BCUT2D eigenvalue weighted by Gasteiger charge is 2.12. The van der Waals surface area contributed by atoms with Gasteiger partial charge in [-0.3, -0.25) is 0 Å². The molecular formula is C18H19N5O5. The minimum Gasteiger partial charge on any atom is -0.496 e. The Morgan fingerprint density at radius 2 is 1.75 bits per heavy atom. The normalized spacial score (nSPS) is 10.4. The van der Waals surface area contributed by atoms with Crippen LogP contribution in [0.25, 0.3) is 22.4 Å². The van der Waals surface area contributed by atoms with Crippen LogP contribution in [0.2, 0.25) is 0 Å². The zero-order valence-electron chi connectivity index (χ0n) is 15.4. The molecule has 28 heavy (non-hydrogen) atoms. The van der Waals surface area contributed by atoms with Gasteiger partial charge in [-0.15, -0.1) is 0 Å². The lowest BCUT2D eigenvalue weighted by molar-refractivity contribution is -0.134. The SMILES string of the molecule is COc1cc(N(C)C)ccc1-c1nc2cnncc2[nH]1.O=C(O)C=CC(=O)O. The summed E-state index contributed by atoms with van der Waals surface area (Å²) in [6.45, 7) is 0. The molecule has 10 heteroatoms. The van der Waals surface area contributed by atoms with Gasteiger partial charge in [-0.05, 0) is 12.1 Å². The lowest BCUT2D eigenvalue weighted by Gasteiger charge is -2.15. The largest absolute Gasteiger partial charge is 0.496 e. The van der Waals surface area contributed by atoms with Gasteiger partial charge in [0.05, 0.1) is 30.6 Å². The molecule has 146 valence electrons. The van der Waals surface area contributed by atoms with Crippen molar-refractivity contribution in [3.63, 3.8) is 0 Å². The number of carboxylic acid groups (broad SMARTS) is 2. The van der Waals surface area contributed by atoms with Gasteiger partial charge in [0.1, 0.15) is 17.1 Å². The quantitative estimate of drug-likeness (QED) is 0.560. The van der Waals surface area contributed by atoms with Crippen LogP contribution in [-0.4, -0.2) is 63.5 Å². The van der Waals surface area contributed by atoms with Crippen LogP contribution in [0.4, 0.5) is 5.69 Å². The number of hydrogen-bond acceptors (Lipinski definition) is 7. The van der Waals surface area contributed by atoms with Crippen molar-refractivity contribution in [3.05, 3.63) is 42.7 Å². The van der Waals surface area contributed by atoms with Crippen molar-refractivity contribution >= 4 is 28.7 Å². The molecule has 0 unspecified atom stereocenters. The molecule has 0 saturated carbocycles. The van der Waals surface area contributed by atoms with Crippen molar-refractivity contribution in [3.8, 4) is 17.1 Å². The molecule has 3 aromatic rings. The number of rotatable bonds is 5. The highest BCUT2D eigenvalue weighted by molar-refractivity contribution is 5.89. The number of carbonyl (C=O) groups is 2. The van der Waals surface area contributed by atoms with Crippen molar-refractivity contribution in [1.29, 1.82) is 0 Å². The van der Waals surface area contributed by atoms with Gasteiger partial charge in [0.2, 0.25) is 0 Å². The number of aromatic nitrogens is 4. The second-order valence-corrected chi connectivity index (χ2v) is 5.66. The van der Waals surface area contributed by atoms with Gasteiger partial charge in [-0.2, -0.15) is 10.2 Å². The number of anilines is 1. The number of H-pyrrole nitrogens is 1. The Hall–Kier alpha value is -3.95. The average Bonchev–Trinajstić information content (AvgIpc) is 3.10. The van der Waals surface area contributed by atoms with E-state index in [0.29, 0.717) is 12.2 Å². The third-order valence-electron chi connectivity index (χ3n) is 3.52. The maximum atomic E-state index is 9.55. The van der Waals surface area contributed by atoms with Crippen LogP contribution >= 0.6 is 0 Å². The molecule has 1 aromatic carbocycles. The van der Waals surface area contributed by atoms with Crippen LogP contribution in [-0.2, 0) is 9.59 Å². The van der Waals surface area contributed by atoms with Gasteiger partial charge in [-0.25, -0.2) is 14.6 Å². The first-order valence-electron chi connectivity index (χ1n) is 7.98. The number of ether oxygens (including phenoxy) is 1. The molecule has 0 atom stereocenters. The van der Waals surface area contributed by atoms with Crippen LogP contribution < -0.4 is 9.64 Å². The van der Waals surface area contributed by atoms with Crippen molar-refractivity contribution in [2.24, 2.45) is 0 Å². The molecule has 0 saturated heterocycles. The Morgan fingerprint density at radius 3 is 2.29 bits per heavy atom. The lowest BCUT2D eigenvalue weighted by Crippen LogP contribution is -2.08. The van der Waals surface area contributed by atoms with E-state index in [1.54, 1.807) is 19.5 Å². The monoisotopic (exact) mass is 385 g/mol.